The van der Waals surface area contributed by atoms with Gasteiger partial charge in [-0.2, -0.15) is 10.0 Å². The van der Waals surface area contributed by atoms with Gasteiger partial charge in [-0.15, -0.1) is 0 Å². The van der Waals surface area contributed by atoms with Crippen molar-refractivity contribution in [2.45, 2.75) is 38.6 Å². The highest BCUT2D eigenvalue weighted by Crippen LogP contribution is 2.35. The van der Waals surface area contributed by atoms with E-state index in [4.69, 9.17) is 21.1 Å². The lowest BCUT2D eigenvalue weighted by atomic mass is 9.96. The van der Waals surface area contributed by atoms with Crippen molar-refractivity contribution in [3.8, 4) is 5.75 Å². The van der Waals surface area contributed by atoms with Gasteiger partial charge in [0, 0.05) is 11.6 Å². The second-order valence-electron chi connectivity index (χ2n) is 8.84. The van der Waals surface area contributed by atoms with Crippen LogP contribution >= 0.6 is 11.6 Å². The van der Waals surface area contributed by atoms with Crippen LogP contribution in [0.25, 0.3) is 0 Å². The lowest BCUT2D eigenvalue weighted by molar-refractivity contribution is -0.177. The maximum Gasteiger partial charge on any atom is 0.432 e. The molecule has 3 aromatic carbocycles. The number of ether oxygens (including phenoxy) is 2. The quantitative estimate of drug-likeness (QED) is 0.451. The van der Waals surface area contributed by atoms with Crippen LogP contribution in [-0.2, 0) is 16.1 Å². The average Bonchev–Trinajstić information content (AvgIpc) is 2.90. The zero-order valence-electron chi connectivity index (χ0n) is 20.4. The molecule has 0 unspecified atom stereocenters. The standard InChI is InChI=1S/C28H29ClN2O5/c1-18(25(32)21-11-13-23(29)14-12-21)27(33)31-28(34)36-26(22-7-5-4-6-8-22)19(2)30(31)17-20-9-15-24(35-3)16-10-20/h4-16,18-19,25-26,32H,17H2,1-3H3/t18-,19-,25-,26-/m0/s1. The molecule has 3 aromatic rings. The fourth-order valence-electron chi connectivity index (χ4n) is 4.32. The molecule has 1 saturated heterocycles. The minimum Gasteiger partial charge on any atom is -0.497 e. The Labute approximate surface area is 215 Å². The number of aliphatic hydroxyl groups is 1. The van der Waals surface area contributed by atoms with E-state index in [0.29, 0.717) is 16.3 Å². The number of carbonyl (C=O) groups is 2. The van der Waals surface area contributed by atoms with E-state index in [1.165, 1.54) is 0 Å². The van der Waals surface area contributed by atoms with Gasteiger partial charge in [0.15, 0.2) is 0 Å². The number of cyclic esters (lactones) is 1. The third kappa shape index (κ3) is 5.38. The van der Waals surface area contributed by atoms with Crippen LogP contribution in [0.4, 0.5) is 4.79 Å². The van der Waals surface area contributed by atoms with Gasteiger partial charge in [0.05, 0.1) is 25.2 Å². The normalized spacial score (nSPS) is 19.9. The molecule has 8 heteroatoms. The summed E-state index contributed by atoms with van der Waals surface area (Å²) >= 11 is 5.96. The molecule has 1 aliphatic heterocycles. The summed E-state index contributed by atoms with van der Waals surface area (Å²) < 4.78 is 11.0. The average molecular weight is 509 g/mol. The molecular weight excluding hydrogens is 480 g/mol. The van der Waals surface area contributed by atoms with Crippen LogP contribution < -0.4 is 4.74 Å². The van der Waals surface area contributed by atoms with Gasteiger partial charge in [0.1, 0.15) is 11.9 Å². The first kappa shape index (κ1) is 25.7. The summed E-state index contributed by atoms with van der Waals surface area (Å²) in [5.74, 6) is -0.772. The van der Waals surface area contributed by atoms with Crippen molar-refractivity contribution >= 4 is 23.6 Å². The van der Waals surface area contributed by atoms with Gasteiger partial charge in [-0.1, -0.05) is 73.1 Å². The zero-order chi connectivity index (χ0) is 25.8. The molecule has 4 atom stereocenters. The number of rotatable bonds is 7. The molecule has 1 heterocycles. The number of hydrogen-bond acceptors (Lipinski definition) is 6. The van der Waals surface area contributed by atoms with Gasteiger partial charge in [-0.3, -0.25) is 4.79 Å². The predicted octanol–water partition coefficient (Wildman–Crippen LogP) is 5.54. The maximum absolute atomic E-state index is 13.7. The van der Waals surface area contributed by atoms with E-state index in [0.717, 1.165) is 16.1 Å². The Morgan fingerprint density at radius 2 is 1.69 bits per heavy atom. The van der Waals surface area contributed by atoms with E-state index >= 15 is 0 Å². The number of benzene rings is 3. The van der Waals surface area contributed by atoms with Crippen LogP contribution in [0.1, 0.15) is 42.7 Å². The molecule has 0 aromatic heterocycles. The molecule has 0 saturated carbocycles. The zero-order valence-corrected chi connectivity index (χ0v) is 21.1. The Morgan fingerprint density at radius 3 is 2.31 bits per heavy atom. The Morgan fingerprint density at radius 1 is 1.06 bits per heavy atom. The molecule has 36 heavy (non-hydrogen) atoms. The van der Waals surface area contributed by atoms with E-state index in [1.807, 2.05) is 61.5 Å². The molecule has 0 bridgehead atoms. The van der Waals surface area contributed by atoms with Crippen LogP contribution in [-0.4, -0.2) is 40.3 Å². The number of nitrogens with zero attached hydrogens (tertiary/aromatic N) is 2. The number of imide groups is 1. The largest absolute Gasteiger partial charge is 0.497 e. The summed E-state index contributed by atoms with van der Waals surface area (Å²) in [7, 11) is 1.59. The van der Waals surface area contributed by atoms with Gasteiger partial charge >= 0.3 is 6.09 Å². The third-order valence-corrected chi connectivity index (χ3v) is 6.73. The molecule has 188 valence electrons. The first-order valence-corrected chi connectivity index (χ1v) is 12.1. The highest BCUT2D eigenvalue weighted by Gasteiger charge is 2.45. The number of hydrogen-bond donors (Lipinski definition) is 1. The van der Waals surface area contributed by atoms with Crippen molar-refractivity contribution in [1.29, 1.82) is 0 Å². The third-order valence-electron chi connectivity index (χ3n) is 6.48. The summed E-state index contributed by atoms with van der Waals surface area (Å²) in [6.07, 6.45) is -2.49. The molecule has 1 fully saturated rings. The predicted molar refractivity (Wildman–Crippen MR) is 136 cm³/mol. The molecule has 0 spiro atoms. The smallest absolute Gasteiger partial charge is 0.432 e. The SMILES string of the molecule is COc1ccc(CN2[C@@H](C)[C@@H](c3ccccc3)OC(=O)N2C(=O)[C@@H](C)[C@H](O)c2ccc(Cl)cc2)cc1. The van der Waals surface area contributed by atoms with E-state index in [-0.39, 0.29) is 12.6 Å². The number of amides is 2. The van der Waals surface area contributed by atoms with Crippen LogP contribution in [0, 0.1) is 5.92 Å². The molecule has 1 aliphatic rings. The van der Waals surface area contributed by atoms with Crippen molar-refractivity contribution in [1.82, 2.24) is 10.0 Å². The Hall–Kier alpha value is -3.39. The van der Waals surface area contributed by atoms with Crippen LogP contribution in [0.5, 0.6) is 5.75 Å². The summed E-state index contributed by atoms with van der Waals surface area (Å²) in [5.41, 5.74) is 2.25. The summed E-state index contributed by atoms with van der Waals surface area (Å²) in [6.45, 7) is 3.78. The van der Waals surface area contributed by atoms with Gasteiger partial charge in [0.25, 0.3) is 5.91 Å². The van der Waals surface area contributed by atoms with Crippen molar-refractivity contribution in [2.24, 2.45) is 5.92 Å². The topological polar surface area (TPSA) is 79.3 Å². The van der Waals surface area contributed by atoms with E-state index in [2.05, 4.69) is 0 Å². The van der Waals surface area contributed by atoms with Crippen LogP contribution in [0.15, 0.2) is 78.9 Å². The van der Waals surface area contributed by atoms with E-state index in [1.54, 1.807) is 43.3 Å². The number of carbonyl (C=O) groups excluding carboxylic acids is 2. The van der Waals surface area contributed by atoms with Gasteiger partial charge in [-0.25, -0.2) is 4.79 Å². The number of methoxy groups -OCH3 is 1. The minimum absolute atomic E-state index is 0.277. The van der Waals surface area contributed by atoms with Gasteiger partial charge in [0.2, 0.25) is 0 Å². The second-order valence-corrected chi connectivity index (χ2v) is 9.27. The molecular formula is C28H29ClN2O5. The molecule has 4 rings (SSSR count). The van der Waals surface area contributed by atoms with Gasteiger partial charge < -0.3 is 14.6 Å². The van der Waals surface area contributed by atoms with Crippen molar-refractivity contribution in [3.63, 3.8) is 0 Å². The first-order valence-electron chi connectivity index (χ1n) is 11.7. The summed E-state index contributed by atoms with van der Waals surface area (Å²) in [6, 6.07) is 23.1. The lowest BCUT2D eigenvalue weighted by Gasteiger charge is -2.45. The molecule has 2 amide bonds. The number of hydrazine groups is 1. The number of halogens is 1. The van der Waals surface area contributed by atoms with Gasteiger partial charge in [-0.05, 0) is 47.9 Å². The maximum atomic E-state index is 13.7. The summed E-state index contributed by atoms with van der Waals surface area (Å²) in [5, 5.41) is 14.2. The molecule has 0 aliphatic carbocycles. The van der Waals surface area contributed by atoms with Crippen molar-refractivity contribution < 1.29 is 24.2 Å². The molecule has 0 radical (unpaired) electrons. The molecule has 7 nitrogen and oxygen atoms in total. The Bertz CT molecular complexity index is 1190. The number of aliphatic hydroxyl groups excluding tert-OH is 1. The van der Waals surface area contributed by atoms with Crippen molar-refractivity contribution in [3.05, 3.63) is 101 Å². The van der Waals surface area contributed by atoms with E-state index in [9.17, 15) is 14.7 Å². The monoisotopic (exact) mass is 508 g/mol. The molecule has 1 N–H and O–H groups in total. The minimum atomic E-state index is -1.13. The van der Waals surface area contributed by atoms with Crippen LogP contribution in [0.3, 0.4) is 0 Å². The van der Waals surface area contributed by atoms with Crippen LogP contribution in [0.2, 0.25) is 5.02 Å². The Kier molecular flexibility index (Phi) is 7.94. The fourth-order valence-corrected chi connectivity index (χ4v) is 4.44. The highest BCUT2D eigenvalue weighted by molar-refractivity contribution is 6.30. The van der Waals surface area contributed by atoms with E-state index < -0.39 is 30.1 Å². The second kappa shape index (κ2) is 11.1. The summed E-state index contributed by atoms with van der Waals surface area (Å²) in [4.78, 5) is 27.0. The lowest BCUT2D eigenvalue weighted by Crippen LogP contribution is -2.61. The van der Waals surface area contributed by atoms with Crippen molar-refractivity contribution in [2.75, 3.05) is 7.11 Å². The highest BCUT2D eigenvalue weighted by atomic mass is 35.5. The fraction of sp³-hybridized carbons (Fsp3) is 0.286. The Balaban J connectivity index is 1.65. The first-order chi connectivity index (χ1) is 17.3.